The summed E-state index contributed by atoms with van der Waals surface area (Å²) in [7, 11) is 2.30. The summed E-state index contributed by atoms with van der Waals surface area (Å²) in [6.07, 6.45) is 0.897. The number of hydrogen-bond donors (Lipinski definition) is 1. The minimum atomic E-state index is -0.831. The Bertz CT molecular complexity index is 876. The van der Waals surface area contributed by atoms with Crippen LogP contribution in [0.1, 0.15) is 10.4 Å². The molecule has 0 amide bonds. The number of esters is 3. The molecule has 0 aliphatic rings. The van der Waals surface area contributed by atoms with Gasteiger partial charge in [-0.15, -0.1) is 0 Å². The molecule has 0 saturated heterocycles. The lowest BCUT2D eigenvalue weighted by Gasteiger charge is -2.13. The summed E-state index contributed by atoms with van der Waals surface area (Å²) in [5.41, 5.74) is 0.0537. The Labute approximate surface area is 154 Å². The van der Waals surface area contributed by atoms with Crippen molar-refractivity contribution in [3.05, 3.63) is 71.7 Å². The van der Waals surface area contributed by atoms with Crippen LogP contribution in [0.15, 0.2) is 60.3 Å². The van der Waals surface area contributed by atoms with E-state index in [1.165, 1.54) is 24.3 Å². The molecule has 0 fully saturated rings. The third-order valence-corrected chi connectivity index (χ3v) is 3.31. The molecule has 8 heteroatoms. The molecule has 0 radical (unpaired) electrons. The largest absolute Gasteiger partial charge is 0.466 e. The van der Waals surface area contributed by atoms with E-state index in [2.05, 4.69) is 14.8 Å². The Balaban J connectivity index is 2.29. The summed E-state index contributed by atoms with van der Waals surface area (Å²) in [5.74, 6) is -2.68. The van der Waals surface area contributed by atoms with Gasteiger partial charge in [0.2, 0.25) is 0 Å². The van der Waals surface area contributed by atoms with Crippen LogP contribution in [-0.4, -0.2) is 32.1 Å². The van der Waals surface area contributed by atoms with Crippen molar-refractivity contribution in [3.63, 3.8) is 0 Å². The fourth-order valence-corrected chi connectivity index (χ4v) is 2.01. The fraction of sp³-hybridized carbons (Fsp3) is 0.105. The number of hydrogen-bond acceptors (Lipinski definition) is 7. The highest BCUT2D eigenvalue weighted by molar-refractivity contribution is 6.02. The first kappa shape index (κ1) is 19.6. The smallest absolute Gasteiger partial charge is 0.354 e. The van der Waals surface area contributed by atoms with Gasteiger partial charge in [-0.3, -0.25) is 0 Å². The first-order valence-corrected chi connectivity index (χ1v) is 7.66. The van der Waals surface area contributed by atoms with Gasteiger partial charge in [0.1, 0.15) is 17.3 Å². The van der Waals surface area contributed by atoms with Crippen molar-refractivity contribution in [2.24, 2.45) is 0 Å². The zero-order valence-electron chi connectivity index (χ0n) is 14.5. The Morgan fingerprint density at radius 1 is 0.963 bits per heavy atom. The van der Waals surface area contributed by atoms with E-state index < -0.39 is 23.7 Å². The molecule has 0 heterocycles. The van der Waals surface area contributed by atoms with E-state index in [4.69, 9.17) is 4.74 Å². The first-order valence-electron chi connectivity index (χ1n) is 7.66. The average molecular weight is 373 g/mol. The molecule has 0 bridgehead atoms. The van der Waals surface area contributed by atoms with Gasteiger partial charge in [0.15, 0.2) is 0 Å². The predicted molar refractivity (Wildman–Crippen MR) is 93.5 cm³/mol. The molecule has 1 N–H and O–H groups in total. The van der Waals surface area contributed by atoms with Gasteiger partial charge in [0.25, 0.3) is 0 Å². The standard InChI is InChI=1S/C19H16FNO6/c1-25-17(22)11-16(19(24)26-2)21-15-6-4-3-5-14(15)18(23)27-13-9-7-12(20)8-10-13/h3-11,21H,1-2H3/b16-11+. The van der Waals surface area contributed by atoms with Crippen molar-refractivity contribution in [2.45, 2.75) is 0 Å². The van der Waals surface area contributed by atoms with Crippen LogP contribution in [0.5, 0.6) is 5.75 Å². The molecule has 0 aliphatic heterocycles. The number of methoxy groups -OCH3 is 2. The Kier molecular flexibility index (Phi) is 6.65. The zero-order valence-corrected chi connectivity index (χ0v) is 14.5. The van der Waals surface area contributed by atoms with E-state index in [0.717, 1.165) is 32.4 Å². The predicted octanol–water partition coefficient (Wildman–Crippen LogP) is 2.69. The topological polar surface area (TPSA) is 90.9 Å². The molecule has 27 heavy (non-hydrogen) atoms. The van der Waals surface area contributed by atoms with Crippen LogP contribution in [0.2, 0.25) is 0 Å². The highest BCUT2D eigenvalue weighted by Gasteiger charge is 2.18. The molecule has 2 rings (SSSR count). The summed E-state index contributed by atoms with van der Waals surface area (Å²) < 4.78 is 27.3. The summed E-state index contributed by atoms with van der Waals surface area (Å²) in [4.78, 5) is 35.7. The number of anilines is 1. The molecular formula is C19H16FNO6. The van der Waals surface area contributed by atoms with E-state index >= 15 is 0 Å². The SMILES string of the molecule is COC(=O)/C=C(/Nc1ccccc1C(=O)Oc1ccc(F)cc1)C(=O)OC. The van der Waals surface area contributed by atoms with E-state index in [-0.39, 0.29) is 22.7 Å². The third kappa shape index (κ3) is 5.40. The summed E-state index contributed by atoms with van der Waals surface area (Å²) >= 11 is 0. The van der Waals surface area contributed by atoms with Gasteiger partial charge in [-0.05, 0) is 36.4 Å². The second-order valence-electron chi connectivity index (χ2n) is 5.09. The number of carbonyl (C=O) groups is 3. The monoisotopic (exact) mass is 373 g/mol. The van der Waals surface area contributed by atoms with E-state index in [9.17, 15) is 18.8 Å². The number of para-hydroxylation sites is 1. The van der Waals surface area contributed by atoms with Gasteiger partial charge in [0, 0.05) is 0 Å². The van der Waals surface area contributed by atoms with Gasteiger partial charge in [-0.2, -0.15) is 0 Å². The van der Waals surface area contributed by atoms with E-state index in [1.54, 1.807) is 12.1 Å². The zero-order chi connectivity index (χ0) is 19.8. The lowest BCUT2D eigenvalue weighted by atomic mass is 10.1. The molecule has 0 unspecified atom stereocenters. The second kappa shape index (κ2) is 9.14. The van der Waals surface area contributed by atoms with Crippen LogP contribution >= 0.6 is 0 Å². The molecule has 0 spiro atoms. The van der Waals surface area contributed by atoms with E-state index in [0.29, 0.717) is 0 Å². The molecule has 2 aromatic rings. The highest BCUT2D eigenvalue weighted by Crippen LogP contribution is 2.21. The molecule has 0 aromatic heterocycles. The van der Waals surface area contributed by atoms with Crippen molar-refractivity contribution >= 4 is 23.6 Å². The molecule has 140 valence electrons. The van der Waals surface area contributed by atoms with Crippen LogP contribution in [0.3, 0.4) is 0 Å². The number of benzene rings is 2. The number of nitrogens with one attached hydrogen (secondary N) is 1. The Morgan fingerprint density at radius 3 is 2.26 bits per heavy atom. The maximum Gasteiger partial charge on any atom is 0.354 e. The minimum absolute atomic E-state index is 0.0847. The van der Waals surface area contributed by atoms with Gasteiger partial charge >= 0.3 is 17.9 Å². The minimum Gasteiger partial charge on any atom is -0.466 e. The molecular weight excluding hydrogens is 357 g/mol. The highest BCUT2D eigenvalue weighted by atomic mass is 19.1. The quantitative estimate of drug-likeness (QED) is 0.473. The molecule has 7 nitrogen and oxygen atoms in total. The average Bonchev–Trinajstić information content (AvgIpc) is 2.68. The van der Waals surface area contributed by atoms with Crippen molar-refractivity contribution in [1.29, 1.82) is 0 Å². The van der Waals surface area contributed by atoms with Crippen molar-refractivity contribution in [3.8, 4) is 5.75 Å². The van der Waals surface area contributed by atoms with E-state index in [1.807, 2.05) is 0 Å². The Hall–Kier alpha value is -3.68. The van der Waals surface area contributed by atoms with Gasteiger partial charge in [-0.1, -0.05) is 12.1 Å². The van der Waals surface area contributed by atoms with Gasteiger partial charge < -0.3 is 19.5 Å². The second-order valence-corrected chi connectivity index (χ2v) is 5.09. The molecule has 2 aromatic carbocycles. The van der Waals surface area contributed by atoms with Crippen LogP contribution in [-0.2, 0) is 19.1 Å². The molecule has 0 atom stereocenters. The molecule has 0 saturated carbocycles. The summed E-state index contributed by atoms with van der Waals surface area (Å²) in [6.45, 7) is 0. The first-order chi connectivity index (χ1) is 12.9. The normalized spacial score (nSPS) is 10.7. The number of rotatable bonds is 6. The van der Waals surface area contributed by atoms with Crippen molar-refractivity contribution in [2.75, 3.05) is 19.5 Å². The van der Waals surface area contributed by atoms with Gasteiger partial charge in [0.05, 0.1) is 31.5 Å². The lowest BCUT2D eigenvalue weighted by Crippen LogP contribution is -2.18. The van der Waals surface area contributed by atoms with Crippen LogP contribution in [0.4, 0.5) is 10.1 Å². The summed E-state index contributed by atoms with van der Waals surface area (Å²) in [6, 6.07) is 11.1. The maximum atomic E-state index is 13.0. The molecule has 0 aliphatic carbocycles. The van der Waals surface area contributed by atoms with Crippen LogP contribution in [0, 0.1) is 5.82 Å². The van der Waals surface area contributed by atoms with Crippen LogP contribution < -0.4 is 10.1 Å². The number of halogens is 1. The van der Waals surface area contributed by atoms with Crippen molar-refractivity contribution in [1.82, 2.24) is 0 Å². The maximum absolute atomic E-state index is 13.0. The Morgan fingerprint density at radius 2 is 1.63 bits per heavy atom. The van der Waals surface area contributed by atoms with Crippen LogP contribution in [0.25, 0.3) is 0 Å². The third-order valence-electron chi connectivity index (χ3n) is 3.31. The number of carbonyl (C=O) groups excluding carboxylic acids is 3. The van der Waals surface area contributed by atoms with Crippen molar-refractivity contribution < 1.29 is 33.0 Å². The fourth-order valence-electron chi connectivity index (χ4n) is 2.01. The number of ether oxygens (including phenoxy) is 3. The van der Waals surface area contributed by atoms with Gasteiger partial charge in [-0.25, -0.2) is 18.8 Å². The summed E-state index contributed by atoms with van der Waals surface area (Å²) in [5, 5.41) is 2.66. The lowest BCUT2D eigenvalue weighted by molar-refractivity contribution is -0.138.